The summed E-state index contributed by atoms with van der Waals surface area (Å²) in [5, 5.41) is 6.00. The maximum Gasteiger partial charge on any atom is 0.300 e. The summed E-state index contributed by atoms with van der Waals surface area (Å²) in [7, 11) is 0. The number of imidazole rings is 1. The lowest BCUT2D eigenvalue weighted by atomic mass is 10.0. The zero-order valence-corrected chi connectivity index (χ0v) is 17.2. The van der Waals surface area contributed by atoms with Crippen LogP contribution >= 0.6 is 0 Å². The molecule has 0 spiro atoms. The van der Waals surface area contributed by atoms with Crippen molar-refractivity contribution < 1.29 is 13.9 Å². The van der Waals surface area contributed by atoms with E-state index in [1.807, 2.05) is 28.8 Å². The summed E-state index contributed by atoms with van der Waals surface area (Å²) in [4.78, 5) is 27.7. The molecule has 1 saturated heterocycles. The lowest BCUT2D eigenvalue weighted by Gasteiger charge is -2.25. The number of carbonyl (C=O) groups excluding carboxylic acids is 1. The van der Waals surface area contributed by atoms with Crippen molar-refractivity contribution in [3.8, 4) is 11.3 Å². The highest BCUT2D eigenvalue weighted by atomic mass is 16.5. The first-order valence-electron chi connectivity index (χ1n) is 10.5. The van der Waals surface area contributed by atoms with E-state index in [9.17, 15) is 4.79 Å². The molecule has 2 N–H and O–H groups in total. The average molecular weight is 431 g/mol. The zero-order chi connectivity index (χ0) is 21.5. The molecule has 0 radical (unpaired) electrons. The average Bonchev–Trinajstić information content (AvgIpc) is 3.56. The van der Waals surface area contributed by atoms with Gasteiger partial charge in [0.2, 0.25) is 0 Å². The van der Waals surface area contributed by atoms with E-state index >= 15 is 0 Å². The highest BCUT2D eigenvalue weighted by Gasteiger charge is 2.20. The molecule has 1 amide bonds. The lowest BCUT2D eigenvalue weighted by Crippen LogP contribution is -2.35. The number of benzene rings is 1. The molecule has 32 heavy (non-hydrogen) atoms. The highest BCUT2D eigenvalue weighted by Crippen LogP contribution is 2.28. The molecule has 3 aromatic heterocycles. The fourth-order valence-corrected chi connectivity index (χ4v) is 4.14. The second kappa shape index (κ2) is 7.74. The normalized spacial score (nSPS) is 16.3. The van der Waals surface area contributed by atoms with Gasteiger partial charge in [0.15, 0.2) is 11.5 Å². The van der Waals surface area contributed by atoms with Gasteiger partial charge in [-0.25, -0.2) is 9.97 Å². The molecule has 10 nitrogen and oxygen atoms in total. The number of fused-ring (bicyclic) bond motifs is 2. The molecule has 2 aliphatic heterocycles. The minimum atomic E-state index is -0.0315. The summed E-state index contributed by atoms with van der Waals surface area (Å²) in [6.07, 6.45) is 7.05. The smallest absolute Gasteiger partial charge is 0.300 e. The van der Waals surface area contributed by atoms with E-state index in [1.165, 1.54) is 0 Å². The predicted octanol–water partition coefficient (Wildman–Crippen LogP) is 2.20. The maximum absolute atomic E-state index is 11.8. The fraction of sp³-hybridized carbons (Fsp3) is 0.273. The molecule has 0 bridgehead atoms. The van der Waals surface area contributed by atoms with Crippen molar-refractivity contribution in [2.24, 2.45) is 0 Å². The number of anilines is 2. The third-order valence-corrected chi connectivity index (χ3v) is 5.78. The number of morpholine rings is 1. The van der Waals surface area contributed by atoms with Crippen LogP contribution < -0.4 is 10.6 Å². The van der Waals surface area contributed by atoms with Crippen LogP contribution in [0.25, 0.3) is 16.9 Å². The number of aromatic nitrogens is 4. The Labute approximate surface area is 183 Å². The van der Waals surface area contributed by atoms with E-state index in [-0.39, 0.29) is 5.91 Å². The van der Waals surface area contributed by atoms with Gasteiger partial charge in [-0.15, -0.1) is 0 Å². The van der Waals surface area contributed by atoms with Gasteiger partial charge in [-0.05, 0) is 17.7 Å². The quantitative estimate of drug-likeness (QED) is 0.495. The topological polar surface area (TPSA) is 110 Å². The molecule has 10 heteroatoms. The number of nitrogens with one attached hydrogen (secondary N) is 2. The van der Waals surface area contributed by atoms with Crippen LogP contribution in [0.5, 0.6) is 0 Å². The van der Waals surface area contributed by atoms with Crippen LogP contribution in [0.4, 0.5) is 11.8 Å². The molecule has 0 aliphatic carbocycles. The van der Waals surface area contributed by atoms with Gasteiger partial charge in [0, 0.05) is 49.7 Å². The summed E-state index contributed by atoms with van der Waals surface area (Å²) >= 11 is 0. The first kappa shape index (κ1) is 19.0. The number of hydrogen-bond acceptors (Lipinski definition) is 8. The number of rotatable bonds is 5. The molecule has 0 atom stereocenters. The number of oxazole rings is 1. The van der Waals surface area contributed by atoms with Crippen LogP contribution in [0.3, 0.4) is 0 Å². The van der Waals surface area contributed by atoms with E-state index in [0.717, 1.165) is 60.9 Å². The Bertz CT molecular complexity index is 1310. The molecule has 5 heterocycles. The number of ether oxygens (including phenoxy) is 1. The van der Waals surface area contributed by atoms with Crippen molar-refractivity contribution in [3.63, 3.8) is 0 Å². The third-order valence-electron chi connectivity index (χ3n) is 5.78. The highest BCUT2D eigenvalue weighted by molar-refractivity contribution is 5.98. The Morgan fingerprint density at radius 3 is 3.00 bits per heavy atom. The van der Waals surface area contributed by atoms with Gasteiger partial charge in [-0.2, -0.15) is 4.98 Å². The third kappa shape index (κ3) is 3.39. The van der Waals surface area contributed by atoms with Crippen molar-refractivity contribution in [1.82, 2.24) is 29.6 Å². The molecule has 1 fully saturated rings. The van der Waals surface area contributed by atoms with Crippen molar-refractivity contribution in [2.75, 3.05) is 31.6 Å². The van der Waals surface area contributed by atoms with Crippen molar-refractivity contribution in [1.29, 1.82) is 0 Å². The van der Waals surface area contributed by atoms with Gasteiger partial charge in [0.1, 0.15) is 6.26 Å². The largest absolute Gasteiger partial charge is 0.432 e. The summed E-state index contributed by atoms with van der Waals surface area (Å²) < 4.78 is 13.0. The molecule has 0 saturated carbocycles. The van der Waals surface area contributed by atoms with Crippen LogP contribution in [-0.2, 0) is 17.8 Å². The van der Waals surface area contributed by atoms with Crippen LogP contribution in [0.1, 0.15) is 21.6 Å². The molecule has 1 aromatic carbocycles. The van der Waals surface area contributed by atoms with Crippen molar-refractivity contribution in [3.05, 3.63) is 59.9 Å². The van der Waals surface area contributed by atoms with Crippen LogP contribution in [0, 0.1) is 0 Å². The monoisotopic (exact) mass is 431 g/mol. The Balaban J connectivity index is 1.26. The van der Waals surface area contributed by atoms with Gasteiger partial charge in [-0.1, -0.05) is 6.07 Å². The van der Waals surface area contributed by atoms with Crippen molar-refractivity contribution in [2.45, 2.75) is 13.1 Å². The van der Waals surface area contributed by atoms with E-state index in [1.54, 1.807) is 18.7 Å². The molecular weight excluding hydrogens is 410 g/mol. The second-order valence-corrected chi connectivity index (χ2v) is 7.83. The standard InChI is InChI=1S/C22H21N7O3/c30-21-17-2-1-14(9-15(17)10-25-21)18-11-24-19(20-23-3-4-29(18)20)27-22-26-16(13-32-22)12-28-5-7-31-8-6-28/h1-4,9,11,13H,5-8,10,12H2,(H,25,30)(H,24,26,27). The first-order chi connectivity index (χ1) is 15.7. The second-order valence-electron chi connectivity index (χ2n) is 7.83. The lowest BCUT2D eigenvalue weighted by molar-refractivity contribution is 0.0336. The van der Waals surface area contributed by atoms with E-state index in [0.29, 0.717) is 24.0 Å². The Morgan fingerprint density at radius 1 is 1.19 bits per heavy atom. The fourth-order valence-electron chi connectivity index (χ4n) is 4.14. The number of hydrogen-bond donors (Lipinski definition) is 2. The molecule has 0 unspecified atom stereocenters. The van der Waals surface area contributed by atoms with Crippen molar-refractivity contribution >= 4 is 23.4 Å². The van der Waals surface area contributed by atoms with E-state index in [4.69, 9.17) is 9.15 Å². The van der Waals surface area contributed by atoms with Gasteiger partial charge in [0.25, 0.3) is 5.91 Å². The zero-order valence-electron chi connectivity index (χ0n) is 17.2. The Hall–Kier alpha value is -3.76. The predicted molar refractivity (Wildman–Crippen MR) is 115 cm³/mol. The Morgan fingerprint density at radius 2 is 2.09 bits per heavy atom. The molecule has 162 valence electrons. The van der Waals surface area contributed by atoms with Gasteiger partial charge >= 0.3 is 6.01 Å². The summed E-state index contributed by atoms with van der Waals surface area (Å²) in [5.41, 5.74) is 5.06. The maximum atomic E-state index is 11.8. The van der Waals surface area contributed by atoms with Gasteiger partial charge in [0.05, 0.1) is 30.8 Å². The molecule has 2 aliphatic rings. The number of nitrogens with zero attached hydrogens (tertiary/aromatic N) is 5. The minimum absolute atomic E-state index is 0.0315. The van der Waals surface area contributed by atoms with Crippen LogP contribution in [0.2, 0.25) is 0 Å². The SMILES string of the molecule is O=C1NCc2cc(-c3cnc(Nc4nc(CN5CCOCC5)co4)c4nccn34)ccc21. The Kier molecular flexibility index (Phi) is 4.58. The van der Waals surface area contributed by atoms with Gasteiger partial charge in [-0.3, -0.25) is 19.4 Å². The first-order valence-corrected chi connectivity index (χ1v) is 10.5. The molecular formula is C22H21N7O3. The molecule has 4 aromatic rings. The number of carbonyl (C=O) groups is 1. The minimum Gasteiger partial charge on any atom is -0.432 e. The summed E-state index contributed by atoms with van der Waals surface area (Å²) in [5.74, 6) is 0.521. The summed E-state index contributed by atoms with van der Waals surface area (Å²) in [6.45, 7) is 4.53. The van der Waals surface area contributed by atoms with E-state index < -0.39 is 0 Å². The van der Waals surface area contributed by atoms with Gasteiger partial charge < -0.3 is 14.5 Å². The molecule has 6 rings (SSSR count). The van der Waals surface area contributed by atoms with E-state index in [2.05, 4.69) is 30.5 Å². The van der Waals surface area contributed by atoms with Crippen LogP contribution in [-0.4, -0.2) is 56.5 Å². The number of amides is 1. The summed E-state index contributed by atoms with van der Waals surface area (Å²) in [6, 6.07) is 6.17. The van der Waals surface area contributed by atoms with Crippen LogP contribution in [0.15, 0.2) is 47.5 Å².